The molecule has 37 heavy (non-hydrogen) atoms. The van der Waals surface area contributed by atoms with Gasteiger partial charge in [-0.2, -0.15) is 0 Å². The van der Waals surface area contributed by atoms with E-state index in [-0.39, 0.29) is 35.6 Å². The van der Waals surface area contributed by atoms with E-state index in [2.05, 4.69) is 23.6 Å². The summed E-state index contributed by atoms with van der Waals surface area (Å²) >= 11 is 0. The molecule has 3 atom stereocenters. The highest BCUT2D eigenvalue weighted by atomic mass is 19.1. The van der Waals surface area contributed by atoms with Crippen LogP contribution in [0.25, 0.3) is 0 Å². The van der Waals surface area contributed by atoms with Crippen molar-refractivity contribution in [2.24, 2.45) is 0 Å². The molecule has 1 amide bonds. The lowest BCUT2D eigenvalue weighted by atomic mass is 9.90. The average Bonchev–Trinajstić information content (AvgIpc) is 2.89. The van der Waals surface area contributed by atoms with Crippen LogP contribution < -0.4 is 0 Å². The van der Waals surface area contributed by atoms with Gasteiger partial charge < -0.3 is 10.0 Å². The van der Waals surface area contributed by atoms with Crippen molar-refractivity contribution in [3.63, 3.8) is 0 Å². The Bertz CT molecular complexity index is 1200. The van der Waals surface area contributed by atoms with E-state index < -0.39 is 0 Å². The molecule has 0 unspecified atom stereocenters. The van der Waals surface area contributed by atoms with E-state index in [0.29, 0.717) is 18.7 Å². The third-order valence-electron chi connectivity index (χ3n) is 7.52. The topological polar surface area (TPSA) is 47.0 Å². The third kappa shape index (κ3) is 6.03. The average molecular weight is 504 g/mol. The van der Waals surface area contributed by atoms with Crippen molar-refractivity contribution in [3.8, 4) is 5.75 Å². The summed E-state index contributed by atoms with van der Waals surface area (Å²) in [7, 11) is 0. The highest BCUT2D eigenvalue weighted by Crippen LogP contribution is 2.36. The molecule has 1 aliphatic rings. The summed E-state index contributed by atoms with van der Waals surface area (Å²) in [5.41, 5.74) is 3.71. The number of hydrogen-bond donors (Lipinski definition) is 1. The van der Waals surface area contributed by atoms with Crippen molar-refractivity contribution in [3.05, 3.63) is 101 Å². The van der Waals surface area contributed by atoms with E-state index in [4.69, 9.17) is 0 Å². The Kier molecular flexibility index (Phi) is 8.62. The zero-order valence-electron chi connectivity index (χ0n) is 22.3. The maximum atomic E-state index is 13.6. The van der Waals surface area contributed by atoms with Crippen molar-refractivity contribution in [2.75, 3.05) is 26.2 Å². The van der Waals surface area contributed by atoms with E-state index in [1.54, 1.807) is 6.07 Å². The molecular weight excluding hydrogens is 465 g/mol. The molecule has 3 aromatic rings. The summed E-state index contributed by atoms with van der Waals surface area (Å²) in [5.74, 6) is 0.0222. The predicted molar refractivity (Wildman–Crippen MR) is 146 cm³/mol. The number of phenolic OH excluding ortho intramolecular Hbond substituents is 1. The first-order valence-corrected chi connectivity index (χ1v) is 13.2. The second-order valence-electron chi connectivity index (χ2n) is 10.0. The van der Waals surface area contributed by atoms with Crippen LogP contribution in [0.15, 0.2) is 72.8 Å². The quantitative estimate of drug-likeness (QED) is 0.429. The van der Waals surface area contributed by atoms with Gasteiger partial charge in [0.2, 0.25) is 0 Å². The minimum absolute atomic E-state index is 0.0291. The Labute approximate surface area is 220 Å². The first kappa shape index (κ1) is 26.8. The van der Waals surface area contributed by atoms with Crippen molar-refractivity contribution < 1.29 is 14.3 Å². The second kappa shape index (κ2) is 11.9. The minimum atomic E-state index is -0.220. The summed E-state index contributed by atoms with van der Waals surface area (Å²) in [4.78, 5) is 20.3. The fourth-order valence-electron chi connectivity index (χ4n) is 5.49. The van der Waals surface area contributed by atoms with Gasteiger partial charge in [0.1, 0.15) is 11.6 Å². The Morgan fingerprint density at radius 1 is 0.973 bits per heavy atom. The van der Waals surface area contributed by atoms with Crippen LogP contribution in [-0.2, 0) is 6.54 Å². The molecule has 1 saturated heterocycles. The molecule has 5 nitrogen and oxygen atoms in total. The van der Waals surface area contributed by atoms with Crippen LogP contribution in [0, 0.1) is 5.82 Å². The summed E-state index contributed by atoms with van der Waals surface area (Å²) < 4.78 is 13.4. The molecule has 196 valence electrons. The molecule has 1 heterocycles. The van der Waals surface area contributed by atoms with Gasteiger partial charge in [-0.25, -0.2) is 4.39 Å². The molecule has 1 aliphatic heterocycles. The van der Waals surface area contributed by atoms with Gasteiger partial charge in [0, 0.05) is 50.4 Å². The van der Waals surface area contributed by atoms with Gasteiger partial charge >= 0.3 is 0 Å². The van der Waals surface area contributed by atoms with E-state index in [1.165, 1.54) is 12.1 Å². The molecule has 0 aliphatic carbocycles. The molecule has 0 radical (unpaired) electrons. The number of aromatic hydroxyl groups is 1. The van der Waals surface area contributed by atoms with Crippen LogP contribution in [0.2, 0.25) is 0 Å². The number of nitrogens with zero attached hydrogens (tertiary/aromatic N) is 3. The first-order chi connectivity index (χ1) is 17.8. The van der Waals surface area contributed by atoms with E-state index in [0.717, 1.165) is 36.3 Å². The number of carbonyl (C=O) groups excluding carboxylic acids is 1. The summed E-state index contributed by atoms with van der Waals surface area (Å²) in [6, 6.07) is 22.2. The zero-order chi connectivity index (χ0) is 26.5. The smallest absolute Gasteiger partial charge is 0.254 e. The molecule has 6 heteroatoms. The molecule has 1 N–H and O–H groups in total. The van der Waals surface area contributed by atoms with Crippen LogP contribution >= 0.6 is 0 Å². The lowest BCUT2D eigenvalue weighted by Gasteiger charge is -2.48. The molecular formula is C31H38FN3O2. The Morgan fingerprint density at radius 2 is 1.68 bits per heavy atom. The second-order valence-corrected chi connectivity index (χ2v) is 10.0. The number of piperazine rings is 1. The van der Waals surface area contributed by atoms with Gasteiger partial charge in [-0.1, -0.05) is 42.5 Å². The lowest BCUT2D eigenvalue weighted by Crippen LogP contribution is -2.57. The highest BCUT2D eigenvalue weighted by Gasteiger charge is 2.36. The first-order valence-electron chi connectivity index (χ1n) is 13.2. The predicted octanol–water partition coefficient (Wildman–Crippen LogP) is 5.70. The molecule has 0 saturated carbocycles. The van der Waals surface area contributed by atoms with Gasteiger partial charge in [0.15, 0.2) is 0 Å². The number of halogens is 1. The van der Waals surface area contributed by atoms with Crippen LogP contribution in [0.3, 0.4) is 0 Å². The number of amides is 1. The van der Waals surface area contributed by atoms with Crippen LogP contribution in [-0.4, -0.2) is 64.0 Å². The maximum absolute atomic E-state index is 13.6. The Hall–Kier alpha value is -3.22. The van der Waals surface area contributed by atoms with E-state index in [1.807, 2.05) is 73.3 Å². The third-order valence-corrected chi connectivity index (χ3v) is 7.52. The number of rotatable bonds is 8. The van der Waals surface area contributed by atoms with Crippen LogP contribution in [0.4, 0.5) is 4.39 Å². The largest absolute Gasteiger partial charge is 0.508 e. The van der Waals surface area contributed by atoms with Crippen LogP contribution in [0.1, 0.15) is 60.8 Å². The van der Waals surface area contributed by atoms with Crippen molar-refractivity contribution in [1.82, 2.24) is 14.7 Å². The fraction of sp³-hybridized carbons (Fsp3) is 0.387. The molecule has 0 bridgehead atoms. The van der Waals surface area contributed by atoms with Crippen molar-refractivity contribution in [2.45, 2.75) is 52.4 Å². The van der Waals surface area contributed by atoms with Crippen molar-refractivity contribution >= 4 is 5.91 Å². The van der Waals surface area contributed by atoms with Crippen molar-refractivity contribution in [1.29, 1.82) is 0 Å². The van der Waals surface area contributed by atoms with Gasteiger partial charge in [-0.05, 0) is 74.7 Å². The summed E-state index contributed by atoms with van der Waals surface area (Å²) in [6.07, 6.45) is 0. The minimum Gasteiger partial charge on any atom is -0.508 e. The number of benzene rings is 3. The number of carbonyl (C=O) groups is 1. The Morgan fingerprint density at radius 3 is 2.35 bits per heavy atom. The van der Waals surface area contributed by atoms with Gasteiger partial charge in [0.25, 0.3) is 5.91 Å². The maximum Gasteiger partial charge on any atom is 0.254 e. The van der Waals surface area contributed by atoms with Crippen LogP contribution in [0.5, 0.6) is 5.75 Å². The van der Waals surface area contributed by atoms with Gasteiger partial charge in [-0.3, -0.25) is 14.6 Å². The summed E-state index contributed by atoms with van der Waals surface area (Å²) in [6.45, 7) is 12.1. The van der Waals surface area contributed by atoms with Gasteiger partial charge in [0.05, 0.1) is 6.04 Å². The van der Waals surface area contributed by atoms with Gasteiger partial charge in [-0.15, -0.1) is 0 Å². The number of hydrogen-bond acceptors (Lipinski definition) is 4. The zero-order valence-corrected chi connectivity index (χ0v) is 22.3. The fourth-order valence-corrected chi connectivity index (χ4v) is 5.49. The monoisotopic (exact) mass is 503 g/mol. The standard InChI is InChI=1S/C31H38FN3O2/c1-5-33(6-2)31(37)29-13-8-7-12-28(29)30(25-10-9-11-27(36)18-25)35-20-22(3)34(19-23(35)4)21-24-14-16-26(32)17-15-24/h7-18,22-23,30,36H,5-6,19-21H2,1-4H3/t22-,23+,30-/m1/s1. The molecule has 1 fully saturated rings. The number of phenols is 1. The van der Waals surface area contributed by atoms with E-state index >= 15 is 0 Å². The van der Waals surface area contributed by atoms with E-state index in [9.17, 15) is 14.3 Å². The molecule has 0 aromatic heterocycles. The molecule has 3 aromatic carbocycles. The lowest BCUT2D eigenvalue weighted by molar-refractivity contribution is 0.0192. The summed E-state index contributed by atoms with van der Waals surface area (Å²) in [5, 5.41) is 10.4. The highest BCUT2D eigenvalue weighted by molar-refractivity contribution is 5.96. The molecule has 4 rings (SSSR count). The molecule has 0 spiro atoms. The SMILES string of the molecule is CCN(CC)C(=O)c1ccccc1[C@@H](c1cccc(O)c1)N1C[C@@H](C)N(Cc2ccc(F)cc2)C[C@@H]1C. The normalized spacial score (nSPS) is 19.5. The Balaban J connectivity index is 1.70.